The lowest BCUT2D eigenvalue weighted by Crippen LogP contribution is -2.33. The number of allylic oxidation sites excluding steroid dienone is 1. The lowest BCUT2D eigenvalue weighted by molar-refractivity contribution is -0.150. The molecule has 0 saturated heterocycles. The first kappa shape index (κ1) is 18.7. The third kappa shape index (κ3) is 3.57. The summed E-state index contributed by atoms with van der Waals surface area (Å²) < 4.78 is 18.0. The zero-order valence-electron chi connectivity index (χ0n) is 16.2. The van der Waals surface area contributed by atoms with Gasteiger partial charge in [-0.05, 0) is 50.3 Å². The Bertz CT molecular complexity index is 897. The Morgan fingerprint density at radius 2 is 1.96 bits per heavy atom. The van der Waals surface area contributed by atoms with E-state index < -0.39 is 17.6 Å². The highest BCUT2D eigenvalue weighted by Crippen LogP contribution is 2.40. The van der Waals surface area contributed by atoms with Crippen LogP contribution in [0.25, 0.3) is 0 Å². The molecule has 0 spiro atoms. The van der Waals surface area contributed by atoms with Gasteiger partial charge in [-0.1, -0.05) is 5.10 Å². The smallest absolute Gasteiger partial charge is 0.338 e. The van der Waals surface area contributed by atoms with Crippen LogP contribution in [0.5, 0.6) is 11.5 Å². The molecule has 0 aliphatic carbocycles. The Hall–Kier alpha value is -3.10. The first-order valence-electron chi connectivity index (χ1n) is 8.46. The van der Waals surface area contributed by atoms with Crippen molar-refractivity contribution in [1.29, 1.82) is 0 Å². The third-order valence-corrected chi connectivity index (χ3v) is 4.07. The van der Waals surface area contributed by atoms with Gasteiger partial charge >= 0.3 is 5.97 Å². The van der Waals surface area contributed by atoms with E-state index in [-0.39, 0.29) is 0 Å². The van der Waals surface area contributed by atoms with Crippen molar-refractivity contribution in [2.45, 2.75) is 39.3 Å². The molecule has 1 unspecified atom stereocenters. The zero-order chi connectivity index (χ0) is 19.8. The van der Waals surface area contributed by atoms with Gasteiger partial charge in [0.25, 0.3) is 0 Å². The molecule has 27 heavy (non-hydrogen) atoms. The van der Waals surface area contributed by atoms with E-state index in [2.05, 4.69) is 20.8 Å². The lowest BCUT2D eigenvalue weighted by atomic mass is 9.94. The predicted octanol–water partition coefficient (Wildman–Crippen LogP) is 2.32. The number of nitrogens with one attached hydrogen (secondary N) is 1. The van der Waals surface area contributed by atoms with E-state index in [1.807, 2.05) is 26.8 Å². The van der Waals surface area contributed by atoms with Crippen LogP contribution in [0.1, 0.15) is 39.3 Å². The van der Waals surface area contributed by atoms with Gasteiger partial charge in [-0.3, -0.25) is 0 Å². The number of anilines is 1. The van der Waals surface area contributed by atoms with Crippen molar-refractivity contribution in [2.24, 2.45) is 0 Å². The molecule has 0 radical (unpaired) electrons. The van der Waals surface area contributed by atoms with Crippen molar-refractivity contribution in [3.05, 3.63) is 35.0 Å². The standard InChI is InChI=1S/C18H23N5O4/c1-10-14(16(24)27-18(2,3)4)15(23-17(19-10)20-21-22-23)12-8-7-11(25-5)9-13(12)26-6/h7-9,15H,1-6H3,(H,19,20,22). The number of tetrazole rings is 1. The maximum Gasteiger partial charge on any atom is 0.338 e. The molecular weight excluding hydrogens is 350 g/mol. The fourth-order valence-electron chi connectivity index (χ4n) is 2.94. The van der Waals surface area contributed by atoms with Crippen LogP contribution >= 0.6 is 0 Å². The topological polar surface area (TPSA) is 100 Å². The number of benzene rings is 1. The lowest BCUT2D eigenvalue weighted by Gasteiger charge is -2.30. The first-order valence-corrected chi connectivity index (χ1v) is 8.46. The number of carbonyl (C=O) groups excluding carboxylic acids is 1. The monoisotopic (exact) mass is 373 g/mol. The molecule has 9 nitrogen and oxygen atoms in total. The van der Waals surface area contributed by atoms with Crippen LogP contribution in [-0.2, 0) is 9.53 Å². The molecule has 1 N–H and O–H groups in total. The number of hydrogen-bond donors (Lipinski definition) is 1. The molecule has 0 bridgehead atoms. The summed E-state index contributed by atoms with van der Waals surface area (Å²) in [5, 5.41) is 14.8. The minimum Gasteiger partial charge on any atom is -0.497 e. The van der Waals surface area contributed by atoms with Crippen molar-refractivity contribution >= 4 is 11.9 Å². The molecule has 1 atom stereocenters. The van der Waals surface area contributed by atoms with E-state index in [1.165, 1.54) is 4.68 Å². The maximum atomic E-state index is 13.0. The van der Waals surface area contributed by atoms with E-state index in [1.54, 1.807) is 33.3 Å². The fraction of sp³-hybridized carbons (Fsp3) is 0.444. The average molecular weight is 373 g/mol. The maximum absolute atomic E-state index is 13.0. The van der Waals surface area contributed by atoms with Crippen LogP contribution in [0.3, 0.4) is 0 Å². The van der Waals surface area contributed by atoms with Gasteiger partial charge in [-0.2, -0.15) is 4.68 Å². The van der Waals surface area contributed by atoms with Gasteiger partial charge in [0, 0.05) is 17.3 Å². The second-order valence-corrected chi connectivity index (χ2v) is 7.12. The Morgan fingerprint density at radius 3 is 2.59 bits per heavy atom. The van der Waals surface area contributed by atoms with Crippen molar-refractivity contribution in [3.8, 4) is 11.5 Å². The number of rotatable bonds is 4. The van der Waals surface area contributed by atoms with Gasteiger partial charge in [-0.15, -0.1) is 0 Å². The number of methoxy groups -OCH3 is 2. The highest BCUT2D eigenvalue weighted by molar-refractivity contribution is 5.92. The minimum absolute atomic E-state index is 0.410. The largest absolute Gasteiger partial charge is 0.497 e. The number of hydrogen-bond acceptors (Lipinski definition) is 8. The molecule has 0 saturated carbocycles. The molecule has 1 aliphatic rings. The second-order valence-electron chi connectivity index (χ2n) is 7.12. The summed E-state index contributed by atoms with van der Waals surface area (Å²) in [7, 11) is 3.14. The molecule has 144 valence electrons. The predicted molar refractivity (Wildman–Crippen MR) is 97.7 cm³/mol. The quantitative estimate of drug-likeness (QED) is 0.815. The van der Waals surface area contributed by atoms with E-state index in [0.717, 1.165) is 0 Å². The van der Waals surface area contributed by atoms with Crippen molar-refractivity contribution in [2.75, 3.05) is 19.5 Å². The number of esters is 1. The van der Waals surface area contributed by atoms with Crippen LogP contribution in [0.15, 0.2) is 29.5 Å². The van der Waals surface area contributed by atoms with Gasteiger partial charge in [0.05, 0.1) is 19.8 Å². The Balaban J connectivity index is 2.16. The molecule has 0 fully saturated rings. The molecule has 9 heteroatoms. The molecule has 1 aliphatic heterocycles. The van der Waals surface area contributed by atoms with E-state index in [4.69, 9.17) is 14.2 Å². The molecule has 2 heterocycles. The van der Waals surface area contributed by atoms with Crippen LogP contribution in [-0.4, -0.2) is 46.0 Å². The van der Waals surface area contributed by atoms with Crippen LogP contribution in [0.4, 0.5) is 5.95 Å². The van der Waals surface area contributed by atoms with Crippen molar-refractivity contribution in [1.82, 2.24) is 20.2 Å². The minimum atomic E-state index is -0.639. The number of fused-ring (bicyclic) bond motifs is 1. The van der Waals surface area contributed by atoms with Gasteiger partial charge < -0.3 is 19.5 Å². The van der Waals surface area contributed by atoms with Crippen LogP contribution < -0.4 is 14.8 Å². The molecule has 2 aromatic rings. The number of ether oxygens (including phenoxy) is 3. The van der Waals surface area contributed by atoms with Gasteiger partial charge in [-0.25, -0.2) is 4.79 Å². The first-order chi connectivity index (χ1) is 12.7. The van der Waals surface area contributed by atoms with Crippen molar-refractivity contribution in [3.63, 3.8) is 0 Å². The molecule has 3 rings (SSSR count). The SMILES string of the molecule is COc1ccc(C2C(C(=O)OC(C)(C)C)=C(C)Nc3nnnn32)c(OC)c1. The van der Waals surface area contributed by atoms with E-state index in [0.29, 0.717) is 34.3 Å². The molecular formula is C18H23N5O4. The summed E-state index contributed by atoms with van der Waals surface area (Å²) in [5.41, 5.74) is 1.11. The van der Waals surface area contributed by atoms with Gasteiger partial charge in [0.2, 0.25) is 5.95 Å². The van der Waals surface area contributed by atoms with E-state index >= 15 is 0 Å². The number of carbonyl (C=O) groups is 1. The summed E-state index contributed by atoms with van der Waals surface area (Å²) in [6.07, 6.45) is 0. The second kappa shape index (κ2) is 6.90. The van der Waals surface area contributed by atoms with Crippen molar-refractivity contribution < 1.29 is 19.0 Å². The Morgan fingerprint density at radius 1 is 1.22 bits per heavy atom. The van der Waals surface area contributed by atoms with E-state index in [9.17, 15) is 4.79 Å². The average Bonchev–Trinajstić information content (AvgIpc) is 3.06. The van der Waals surface area contributed by atoms with Crippen LogP contribution in [0.2, 0.25) is 0 Å². The Kier molecular flexibility index (Phi) is 4.77. The summed E-state index contributed by atoms with van der Waals surface area (Å²) in [5.74, 6) is 1.18. The zero-order valence-corrected chi connectivity index (χ0v) is 16.2. The molecule has 0 amide bonds. The summed E-state index contributed by atoms with van der Waals surface area (Å²) in [4.78, 5) is 13.0. The fourth-order valence-corrected chi connectivity index (χ4v) is 2.94. The highest BCUT2D eigenvalue weighted by Gasteiger charge is 2.37. The van der Waals surface area contributed by atoms with Gasteiger partial charge in [0.15, 0.2) is 0 Å². The molecule has 1 aromatic heterocycles. The summed E-state index contributed by atoms with van der Waals surface area (Å²) >= 11 is 0. The number of nitrogens with zero attached hydrogens (tertiary/aromatic N) is 4. The number of aromatic nitrogens is 4. The Labute approximate surface area is 157 Å². The highest BCUT2D eigenvalue weighted by atomic mass is 16.6. The molecule has 1 aromatic carbocycles. The summed E-state index contributed by atoms with van der Waals surface area (Å²) in [6, 6.07) is 4.78. The van der Waals surface area contributed by atoms with Gasteiger partial charge in [0.1, 0.15) is 23.1 Å². The normalized spacial score (nSPS) is 16.4. The van der Waals surface area contributed by atoms with Crippen LogP contribution in [0, 0.1) is 0 Å². The third-order valence-electron chi connectivity index (χ3n) is 4.07. The summed E-state index contributed by atoms with van der Waals surface area (Å²) in [6.45, 7) is 7.26.